The minimum absolute atomic E-state index is 0.862. The molecule has 0 aromatic heterocycles. The predicted octanol–water partition coefficient (Wildman–Crippen LogP) is 3.76. The van der Waals surface area contributed by atoms with E-state index in [2.05, 4.69) is 6.92 Å². The fourth-order valence-corrected chi connectivity index (χ4v) is 3.25. The van der Waals surface area contributed by atoms with Gasteiger partial charge in [0.05, 0.1) is 0 Å². The summed E-state index contributed by atoms with van der Waals surface area (Å²) in [5.74, 6) is 1.09. The molecule has 0 N–H and O–H groups in total. The average Bonchev–Trinajstić information content (AvgIpc) is 2.62. The van der Waals surface area contributed by atoms with Crippen molar-refractivity contribution in [3.63, 3.8) is 0 Å². The molecule has 0 radical (unpaired) electrons. The SMILES string of the molecule is CCC1CCC2(CCCC2)C1. The topological polar surface area (TPSA) is 0 Å². The molecule has 0 bridgehead atoms. The molecule has 0 aliphatic heterocycles. The molecule has 2 aliphatic carbocycles. The summed E-state index contributed by atoms with van der Waals surface area (Å²) in [5, 5.41) is 0. The molecule has 0 aromatic carbocycles. The van der Waals surface area contributed by atoms with Crippen LogP contribution in [0.1, 0.15) is 58.3 Å². The highest BCUT2D eigenvalue weighted by atomic mass is 14.4. The highest BCUT2D eigenvalue weighted by Gasteiger charge is 2.39. The van der Waals surface area contributed by atoms with Crippen LogP contribution in [0.15, 0.2) is 0 Å². The van der Waals surface area contributed by atoms with Crippen LogP contribution in [0.25, 0.3) is 0 Å². The lowest BCUT2D eigenvalue weighted by Crippen LogP contribution is -2.10. The van der Waals surface area contributed by atoms with Crippen LogP contribution in [0.4, 0.5) is 0 Å². The van der Waals surface area contributed by atoms with Crippen LogP contribution < -0.4 is 0 Å². The first kappa shape index (κ1) is 7.64. The standard InChI is InChI=1S/C11H20/c1-2-10-5-8-11(9-10)6-3-4-7-11/h10H,2-9H2,1H3. The summed E-state index contributed by atoms with van der Waals surface area (Å²) in [5.41, 5.74) is 0.862. The molecule has 0 heteroatoms. The van der Waals surface area contributed by atoms with Gasteiger partial charge in [0.1, 0.15) is 0 Å². The van der Waals surface area contributed by atoms with Crippen molar-refractivity contribution in [1.29, 1.82) is 0 Å². The van der Waals surface area contributed by atoms with Gasteiger partial charge in [-0.1, -0.05) is 26.2 Å². The van der Waals surface area contributed by atoms with Gasteiger partial charge < -0.3 is 0 Å². The largest absolute Gasteiger partial charge is 0.0651 e. The Morgan fingerprint density at radius 1 is 1.18 bits per heavy atom. The zero-order valence-electron chi connectivity index (χ0n) is 7.73. The minimum atomic E-state index is 0.862. The first-order chi connectivity index (χ1) is 5.35. The third-order valence-electron chi connectivity index (χ3n) is 4.05. The Balaban J connectivity index is 1.96. The Morgan fingerprint density at radius 2 is 1.91 bits per heavy atom. The smallest absolute Gasteiger partial charge is 0.0295 e. The summed E-state index contributed by atoms with van der Waals surface area (Å²) < 4.78 is 0. The first-order valence-electron chi connectivity index (χ1n) is 5.35. The Kier molecular flexibility index (Phi) is 1.95. The van der Waals surface area contributed by atoms with Crippen LogP contribution in [0.3, 0.4) is 0 Å². The van der Waals surface area contributed by atoms with Crippen molar-refractivity contribution in [2.75, 3.05) is 0 Å². The van der Waals surface area contributed by atoms with E-state index in [1.807, 2.05) is 0 Å². The summed E-state index contributed by atoms with van der Waals surface area (Å²) in [7, 11) is 0. The van der Waals surface area contributed by atoms with Gasteiger partial charge in [-0.2, -0.15) is 0 Å². The van der Waals surface area contributed by atoms with E-state index in [9.17, 15) is 0 Å². The van der Waals surface area contributed by atoms with Crippen LogP contribution >= 0.6 is 0 Å². The quantitative estimate of drug-likeness (QED) is 0.536. The Morgan fingerprint density at radius 3 is 2.45 bits per heavy atom. The van der Waals surface area contributed by atoms with Gasteiger partial charge in [0.25, 0.3) is 0 Å². The van der Waals surface area contributed by atoms with E-state index in [1.54, 1.807) is 25.7 Å². The van der Waals surface area contributed by atoms with E-state index in [4.69, 9.17) is 0 Å². The highest BCUT2D eigenvalue weighted by molar-refractivity contribution is 4.91. The third-order valence-corrected chi connectivity index (χ3v) is 4.05. The molecule has 1 atom stereocenters. The van der Waals surface area contributed by atoms with Crippen molar-refractivity contribution in [3.05, 3.63) is 0 Å². The van der Waals surface area contributed by atoms with E-state index >= 15 is 0 Å². The Hall–Kier alpha value is 0. The second kappa shape index (κ2) is 2.80. The molecule has 1 unspecified atom stereocenters. The predicted molar refractivity (Wildman–Crippen MR) is 48.5 cm³/mol. The van der Waals surface area contributed by atoms with Crippen LogP contribution in [0.5, 0.6) is 0 Å². The molecule has 0 nitrogen and oxygen atoms in total. The van der Waals surface area contributed by atoms with Crippen LogP contribution in [0, 0.1) is 11.3 Å². The monoisotopic (exact) mass is 152 g/mol. The molecule has 2 rings (SSSR count). The van der Waals surface area contributed by atoms with E-state index in [-0.39, 0.29) is 0 Å². The van der Waals surface area contributed by atoms with Gasteiger partial charge in [0, 0.05) is 0 Å². The molecule has 0 amide bonds. The molecule has 0 aromatic rings. The zero-order valence-corrected chi connectivity index (χ0v) is 7.73. The normalized spacial score (nSPS) is 35.2. The van der Waals surface area contributed by atoms with Gasteiger partial charge in [-0.3, -0.25) is 0 Å². The molecule has 0 saturated heterocycles. The van der Waals surface area contributed by atoms with Crippen molar-refractivity contribution < 1.29 is 0 Å². The minimum Gasteiger partial charge on any atom is -0.0651 e. The average molecular weight is 152 g/mol. The highest BCUT2D eigenvalue weighted by Crippen LogP contribution is 2.53. The van der Waals surface area contributed by atoms with E-state index < -0.39 is 0 Å². The summed E-state index contributed by atoms with van der Waals surface area (Å²) >= 11 is 0. The molecule has 2 fully saturated rings. The van der Waals surface area contributed by atoms with Gasteiger partial charge in [-0.05, 0) is 43.4 Å². The fourth-order valence-electron chi connectivity index (χ4n) is 3.25. The van der Waals surface area contributed by atoms with Gasteiger partial charge >= 0.3 is 0 Å². The van der Waals surface area contributed by atoms with Crippen molar-refractivity contribution in [3.8, 4) is 0 Å². The number of hydrogen-bond donors (Lipinski definition) is 0. The lowest BCUT2D eigenvalue weighted by molar-refractivity contribution is 0.293. The summed E-state index contributed by atoms with van der Waals surface area (Å²) in [4.78, 5) is 0. The molecule has 1 spiro atoms. The third kappa shape index (κ3) is 1.32. The summed E-state index contributed by atoms with van der Waals surface area (Å²) in [6.07, 6.45) is 12.3. The van der Waals surface area contributed by atoms with Crippen LogP contribution in [-0.2, 0) is 0 Å². The summed E-state index contributed by atoms with van der Waals surface area (Å²) in [6.45, 7) is 2.36. The van der Waals surface area contributed by atoms with Crippen molar-refractivity contribution in [2.45, 2.75) is 58.3 Å². The van der Waals surface area contributed by atoms with Crippen molar-refractivity contribution in [2.24, 2.45) is 11.3 Å². The van der Waals surface area contributed by atoms with E-state index in [0.717, 1.165) is 11.3 Å². The van der Waals surface area contributed by atoms with Crippen LogP contribution in [0.2, 0.25) is 0 Å². The fraction of sp³-hybridized carbons (Fsp3) is 1.00. The van der Waals surface area contributed by atoms with Gasteiger partial charge in [-0.25, -0.2) is 0 Å². The summed E-state index contributed by atoms with van der Waals surface area (Å²) in [6, 6.07) is 0. The van der Waals surface area contributed by atoms with E-state index in [0.29, 0.717) is 0 Å². The second-order valence-corrected chi connectivity index (χ2v) is 4.72. The lowest BCUT2D eigenvalue weighted by Gasteiger charge is -2.22. The maximum Gasteiger partial charge on any atom is -0.0295 e. The van der Waals surface area contributed by atoms with Crippen molar-refractivity contribution >= 4 is 0 Å². The van der Waals surface area contributed by atoms with Crippen molar-refractivity contribution in [1.82, 2.24) is 0 Å². The molecule has 2 saturated carbocycles. The molecule has 0 heterocycles. The number of hydrogen-bond acceptors (Lipinski definition) is 0. The van der Waals surface area contributed by atoms with E-state index in [1.165, 1.54) is 25.7 Å². The van der Waals surface area contributed by atoms with Gasteiger partial charge in [0.15, 0.2) is 0 Å². The number of rotatable bonds is 1. The molecule has 64 valence electrons. The van der Waals surface area contributed by atoms with Gasteiger partial charge in [-0.15, -0.1) is 0 Å². The molecular formula is C11H20. The van der Waals surface area contributed by atoms with Gasteiger partial charge in [0.2, 0.25) is 0 Å². The molecular weight excluding hydrogens is 132 g/mol. The second-order valence-electron chi connectivity index (χ2n) is 4.72. The molecule has 2 aliphatic rings. The first-order valence-corrected chi connectivity index (χ1v) is 5.35. The lowest BCUT2D eigenvalue weighted by atomic mass is 9.83. The Labute approximate surface area is 70.4 Å². The Bertz CT molecular complexity index is 131. The molecule has 11 heavy (non-hydrogen) atoms. The maximum absolute atomic E-state index is 2.36. The van der Waals surface area contributed by atoms with Crippen LogP contribution in [-0.4, -0.2) is 0 Å². The zero-order chi connectivity index (χ0) is 7.73. The maximum atomic E-state index is 2.36.